The van der Waals surface area contributed by atoms with Gasteiger partial charge in [0.15, 0.2) is 0 Å². The highest BCUT2D eigenvalue weighted by Crippen LogP contribution is 2.36. The summed E-state index contributed by atoms with van der Waals surface area (Å²) in [7, 11) is 0. The largest absolute Gasteiger partial charge is 0.480 e. The molecule has 2 bridgehead atoms. The second-order valence-corrected chi connectivity index (χ2v) is 7.96. The first-order valence-corrected chi connectivity index (χ1v) is 9.69. The predicted molar refractivity (Wildman–Crippen MR) is 99.1 cm³/mol. The van der Waals surface area contributed by atoms with Gasteiger partial charge in [0, 0.05) is 23.8 Å². The van der Waals surface area contributed by atoms with Crippen LogP contribution in [0.4, 0.5) is 5.69 Å². The molecule has 1 amide bonds. The number of piperidine rings is 2. The van der Waals surface area contributed by atoms with Gasteiger partial charge in [-0.2, -0.15) is 0 Å². The smallest absolute Gasteiger partial charge is 0.323 e. The maximum absolute atomic E-state index is 13.1. The lowest BCUT2D eigenvalue weighted by atomic mass is 9.83. The maximum atomic E-state index is 13.1. The third-order valence-corrected chi connectivity index (χ3v) is 6.10. The van der Waals surface area contributed by atoms with E-state index in [9.17, 15) is 14.7 Å². The van der Waals surface area contributed by atoms with Crippen molar-refractivity contribution < 1.29 is 14.7 Å². The fourth-order valence-electron chi connectivity index (χ4n) is 4.51. The van der Waals surface area contributed by atoms with Crippen LogP contribution in [0.3, 0.4) is 0 Å². The van der Waals surface area contributed by atoms with Gasteiger partial charge >= 0.3 is 5.97 Å². The number of rotatable bonds is 6. The molecule has 2 saturated heterocycles. The number of fused-ring (bicyclic) bond motifs is 2. The molecule has 6 heteroatoms. The molecule has 0 spiro atoms. The van der Waals surface area contributed by atoms with Gasteiger partial charge in [0.2, 0.25) is 5.91 Å². The molecule has 1 unspecified atom stereocenters. The van der Waals surface area contributed by atoms with Crippen molar-refractivity contribution in [3.8, 4) is 0 Å². The van der Waals surface area contributed by atoms with E-state index in [0.717, 1.165) is 18.5 Å². The Morgan fingerprint density at radius 1 is 1.15 bits per heavy atom. The summed E-state index contributed by atoms with van der Waals surface area (Å²) in [5, 5.41) is 16.0. The van der Waals surface area contributed by atoms with Crippen LogP contribution in [0.2, 0.25) is 0 Å². The number of hydrogen-bond acceptors (Lipinski definition) is 4. The molecular formula is C20H27N3O3. The van der Waals surface area contributed by atoms with Crippen molar-refractivity contribution in [1.29, 1.82) is 0 Å². The summed E-state index contributed by atoms with van der Waals surface area (Å²) in [6, 6.07) is 10.9. The number of carboxylic acid groups (broad SMARTS) is 1. The van der Waals surface area contributed by atoms with Crippen LogP contribution in [0.1, 0.15) is 44.9 Å². The molecular weight excluding hydrogens is 330 g/mol. The van der Waals surface area contributed by atoms with Gasteiger partial charge in [0.25, 0.3) is 0 Å². The summed E-state index contributed by atoms with van der Waals surface area (Å²) < 4.78 is 0. The zero-order chi connectivity index (χ0) is 18.1. The van der Waals surface area contributed by atoms with Crippen LogP contribution in [0.25, 0.3) is 0 Å². The van der Waals surface area contributed by atoms with Crippen molar-refractivity contribution in [3.05, 3.63) is 30.3 Å². The van der Waals surface area contributed by atoms with Crippen molar-refractivity contribution in [2.45, 2.75) is 68.6 Å². The first kappa shape index (κ1) is 17.5. The third kappa shape index (κ3) is 3.48. The number of benzene rings is 1. The summed E-state index contributed by atoms with van der Waals surface area (Å²) in [6.07, 6.45) is 6.71. The summed E-state index contributed by atoms with van der Waals surface area (Å²) in [4.78, 5) is 26.4. The van der Waals surface area contributed by atoms with E-state index in [-0.39, 0.29) is 18.5 Å². The average Bonchev–Trinajstić information content (AvgIpc) is 3.42. The quantitative estimate of drug-likeness (QED) is 0.724. The minimum atomic E-state index is -0.886. The van der Waals surface area contributed by atoms with Crippen LogP contribution >= 0.6 is 0 Å². The summed E-state index contributed by atoms with van der Waals surface area (Å²) in [5.41, 5.74) is 0.0206. The number of carbonyl (C=O) groups is 2. The van der Waals surface area contributed by atoms with Gasteiger partial charge in [0.05, 0.1) is 6.54 Å². The van der Waals surface area contributed by atoms with E-state index in [2.05, 4.69) is 10.6 Å². The van der Waals surface area contributed by atoms with Gasteiger partial charge < -0.3 is 15.3 Å². The number of nitrogens with zero attached hydrogens (tertiary/aromatic N) is 1. The number of aliphatic carboxylic acids is 1. The lowest BCUT2D eigenvalue weighted by molar-refractivity contribution is -0.140. The Morgan fingerprint density at radius 2 is 1.81 bits per heavy atom. The molecule has 0 aromatic heterocycles. The van der Waals surface area contributed by atoms with E-state index in [4.69, 9.17) is 0 Å². The molecule has 3 aliphatic rings. The highest BCUT2D eigenvalue weighted by atomic mass is 16.4. The second-order valence-electron chi connectivity index (χ2n) is 7.96. The number of amides is 1. The lowest BCUT2D eigenvalue weighted by Gasteiger charge is -2.44. The molecule has 1 aromatic carbocycles. The van der Waals surface area contributed by atoms with Crippen LogP contribution in [0, 0.1) is 0 Å². The summed E-state index contributed by atoms with van der Waals surface area (Å²) >= 11 is 0. The Kier molecular flexibility index (Phi) is 4.71. The highest BCUT2D eigenvalue weighted by molar-refractivity contribution is 5.96. The Bertz CT molecular complexity index is 662. The first-order valence-electron chi connectivity index (χ1n) is 9.69. The molecule has 3 fully saturated rings. The van der Waals surface area contributed by atoms with Crippen LogP contribution < -0.4 is 15.5 Å². The predicted octanol–water partition coefficient (Wildman–Crippen LogP) is 1.90. The molecule has 3 atom stereocenters. The number of anilines is 1. The minimum absolute atomic E-state index is 0.0336. The van der Waals surface area contributed by atoms with Gasteiger partial charge in [-0.25, -0.2) is 0 Å². The molecule has 2 heterocycles. The maximum Gasteiger partial charge on any atom is 0.323 e. The number of nitrogens with one attached hydrogen (secondary N) is 2. The number of hydrogen-bond donors (Lipinski definition) is 3. The van der Waals surface area contributed by atoms with Crippen molar-refractivity contribution in [1.82, 2.24) is 10.6 Å². The zero-order valence-electron chi connectivity index (χ0n) is 15.0. The molecule has 0 radical (unpaired) electrons. The summed E-state index contributed by atoms with van der Waals surface area (Å²) in [5.74, 6) is -0.887. The molecule has 1 aromatic rings. The van der Waals surface area contributed by atoms with Gasteiger partial charge in [-0.05, 0) is 50.7 Å². The van der Waals surface area contributed by atoms with E-state index in [0.29, 0.717) is 24.9 Å². The Labute approximate surface area is 153 Å². The molecule has 1 saturated carbocycles. The van der Waals surface area contributed by atoms with E-state index in [1.165, 1.54) is 19.3 Å². The van der Waals surface area contributed by atoms with E-state index in [1.54, 1.807) is 0 Å². The van der Waals surface area contributed by atoms with Crippen LogP contribution in [0.5, 0.6) is 0 Å². The standard InChI is InChI=1S/C20H27N3O3/c24-18(13-21-20(9-10-20)19(25)26)23(16-7-2-1-3-8-16)17-11-14-5-4-6-15(12-17)22-14/h1-3,7-8,14-15,17,21-22H,4-6,9-13H2,(H,25,26)/t14-,15+,17?. The Morgan fingerprint density at radius 3 is 2.38 bits per heavy atom. The normalized spacial score (nSPS) is 29.0. The fourth-order valence-corrected chi connectivity index (χ4v) is 4.51. The van der Waals surface area contributed by atoms with E-state index < -0.39 is 11.5 Å². The molecule has 140 valence electrons. The molecule has 4 rings (SSSR count). The Balaban J connectivity index is 1.51. The van der Waals surface area contributed by atoms with E-state index in [1.807, 2.05) is 35.2 Å². The Hall–Kier alpha value is -1.92. The van der Waals surface area contributed by atoms with Crippen molar-refractivity contribution in [2.75, 3.05) is 11.4 Å². The monoisotopic (exact) mass is 357 g/mol. The molecule has 6 nitrogen and oxygen atoms in total. The second kappa shape index (κ2) is 7.00. The van der Waals surface area contributed by atoms with Gasteiger partial charge in [-0.15, -0.1) is 0 Å². The molecule has 3 N–H and O–H groups in total. The lowest BCUT2D eigenvalue weighted by Crippen LogP contribution is -2.57. The average molecular weight is 357 g/mol. The van der Waals surface area contributed by atoms with Gasteiger partial charge in [0.1, 0.15) is 5.54 Å². The first-order chi connectivity index (χ1) is 12.6. The number of carbonyl (C=O) groups excluding carboxylic acids is 1. The van der Waals surface area contributed by atoms with Crippen LogP contribution in [-0.2, 0) is 9.59 Å². The van der Waals surface area contributed by atoms with Crippen molar-refractivity contribution in [3.63, 3.8) is 0 Å². The van der Waals surface area contributed by atoms with Crippen molar-refractivity contribution in [2.24, 2.45) is 0 Å². The number of carboxylic acids is 1. The molecule has 2 aliphatic heterocycles. The van der Waals surface area contributed by atoms with Gasteiger partial charge in [-0.1, -0.05) is 24.6 Å². The topological polar surface area (TPSA) is 81.7 Å². The molecule has 1 aliphatic carbocycles. The van der Waals surface area contributed by atoms with Gasteiger partial charge in [-0.3, -0.25) is 14.9 Å². The SMILES string of the molecule is O=C(CNC1(C(=O)O)CC1)N(c1ccccc1)C1C[C@H]2CCC[C@@H](C1)N2. The third-order valence-electron chi connectivity index (χ3n) is 6.10. The fraction of sp³-hybridized carbons (Fsp3) is 0.600. The minimum Gasteiger partial charge on any atom is -0.480 e. The highest BCUT2D eigenvalue weighted by Gasteiger charge is 2.50. The van der Waals surface area contributed by atoms with E-state index >= 15 is 0 Å². The van der Waals surface area contributed by atoms with Crippen molar-refractivity contribution >= 4 is 17.6 Å². The number of para-hydroxylation sites is 1. The summed E-state index contributed by atoms with van der Waals surface area (Å²) in [6.45, 7) is 0.0699. The van der Waals surface area contributed by atoms with Crippen LogP contribution in [0.15, 0.2) is 30.3 Å². The molecule has 26 heavy (non-hydrogen) atoms. The zero-order valence-corrected chi connectivity index (χ0v) is 15.0. The van der Waals surface area contributed by atoms with Crippen LogP contribution in [-0.4, -0.2) is 47.2 Å².